The van der Waals surface area contributed by atoms with Crippen molar-refractivity contribution < 1.29 is 17.9 Å². The van der Waals surface area contributed by atoms with Gasteiger partial charge in [-0.1, -0.05) is 27.2 Å². The highest BCUT2D eigenvalue weighted by Crippen LogP contribution is 2.32. The van der Waals surface area contributed by atoms with Gasteiger partial charge in [-0.05, 0) is 38.0 Å². The van der Waals surface area contributed by atoms with E-state index in [9.17, 15) is 13.2 Å². The van der Waals surface area contributed by atoms with Gasteiger partial charge in [0.15, 0.2) is 0 Å². The van der Waals surface area contributed by atoms with Crippen LogP contribution in [0.1, 0.15) is 47.0 Å². The summed E-state index contributed by atoms with van der Waals surface area (Å²) in [5.41, 5.74) is -0.108. The van der Waals surface area contributed by atoms with Gasteiger partial charge in [-0.25, -0.2) is 8.42 Å². The van der Waals surface area contributed by atoms with Crippen molar-refractivity contribution in [1.82, 2.24) is 4.31 Å². The molecule has 1 aliphatic heterocycles. The van der Waals surface area contributed by atoms with Crippen LogP contribution in [0.15, 0.2) is 23.1 Å². The SMILES string of the molecule is CCOc1ccc(NC(=O)C(C)(C)C)cc1S(=O)(=O)N1CCCCC1. The van der Waals surface area contributed by atoms with Crippen LogP contribution in [0.25, 0.3) is 0 Å². The number of carbonyl (C=O) groups excluding carboxylic acids is 1. The van der Waals surface area contributed by atoms with Crippen LogP contribution in [-0.2, 0) is 14.8 Å². The zero-order chi connectivity index (χ0) is 18.7. The molecule has 0 aromatic heterocycles. The number of hydrogen-bond donors (Lipinski definition) is 1. The quantitative estimate of drug-likeness (QED) is 0.866. The van der Waals surface area contributed by atoms with Gasteiger partial charge < -0.3 is 10.1 Å². The number of nitrogens with one attached hydrogen (secondary N) is 1. The highest BCUT2D eigenvalue weighted by Gasteiger charge is 2.30. The van der Waals surface area contributed by atoms with Crippen LogP contribution in [0.2, 0.25) is 0 Å². The van der Waals surface area contributed by atoms with E-state index in [1.54, 1.807) is 12.1 Å². The van der Waals surface area contributed by atoms with Gasteiger partial charge in [0.1, 0.15) is 10.6 Å². The Labute approximate surface area is 150 Å². The van der Waals surface area contributed by atoms with Crippen molar-refractivity contribution in [3.63, 3.8) is 0 Å². The van der Waals surface area contributed by atoms with Gasteiger partial charge in [-0.2, -0.15) is 4.31 Å². The molecule has 1 saturated heterocycles. The first kappa shape index (κ1) is 19.7. The van der Waals surface area contributed by atoms with E-state index >= 15 is 0 Å². The van der Waals surface area contributed by atoms with Crippen LogP contribution < -0.4 is 10.1 Å². The monoisotopic (exact) mass is 368 g/mol. The van der Waals surface area contributed by atoms with Crippen LogP contribution in [0.4, 0.5) is 5.69 Å². The number of carbonyl (C=O) groups is 1. The van der Waals surface area contributed by atoms with E-state index < -0.39 is 15.4 Å². The molecule has 1 heterocycles. The molecule has 2 rings (SSSR count). The fourth-order valence-electron chi connectivity index (χ4n) is 2.63. The van der Waals surface area contributed by atoms with Gasteiger partial charge in [-0.15, -0.1) is 0 Å². The van der Waals surface area contributed by atoms with Gasteiger partial charge >= 0.3 is 0 Å². The second kappa shape index (κ2) is 7.74. The average molecular weight is 368 g/mol. The lowest BCUT2D eigenvalue weighted by molar-refractivity contribution is -0.123. The van der Waals surface area contributed by atoms with E-state index in [1.165, 1.54) is 10.4 Å². The molecule has 1 fully saturated rings. The Bertz CT molecular complexity index is 717. The fourth-order valence-corrected chi connectivity index (χ4v) is 4.30. The number of rotatable bonds is 5. The maximum atomic E-state index is 13.1. The number of ether oxygens (including phenoxy) is 1. The van der Waals surface area contributed by atoms with Gasteiger partial charge in [-0.3, -0.25) is 4.79 Å². The molecule has 0 aliphatic carbocycles. The Morgan fingerprint density at radius 2 is 1.84 bits per heavy atom. The van der Waals surface area contributed by atoms with Crippen molar-refractivity contribution in [3.8, 4) is 5.75 Å². The molecule has 140 valence electrons. The second-order valence-electron chi connectivity index (χ2n) is 7.26. The number of nitrogens with zero attached hydrogens (tertiary/aromatic N) is 1. The highest BCUT2D eigenvalue weighted by atomic mass is 32.2. The number of sulfonamides is 1. The fraction of sp³-hybridized carbons (Fsp3) is 0.611. The molecule has 1 aromatic carbocycles. The first-order chi connectivity index (χ1) is 11.7. The third-order valence-corrected chi connectivity index (χ3v) is 6.04. The van der Waals surface area contributed by atoms with Crippen molar-refractivity contribution in [3.05, 3.63) is 18.2 Å². The Balaban J connectivity index is 2.39. The molecule has 0 unspecified atom stereocenters. The van der Waals surface area contributed by atoms with Crippen molar-refractivity contribution in [2.24, 2.45) is 5.41 Å². The summed E-state index contributed by atoms with van der Waals surface area (Å²) in [6, 6.07) is 4.78. The normalized spacial score (nSPS) is 16.5. The standard InChI is InChI=1S/C18H28N2O4S/c1-5-24-15-10-9-14(19-17(21)18(2,3)4)13-16(15)25(22,23)20-11-7-6-8-12-20/h9-10,13H,5-8,11-12H2,1-4H3,(H,19,21). The lowest BCUT2D eigenvalue weighted by Crippen LogP contribution is -2.36. The van der Waals surface area contributed by atoms with E-state index in [-0.39, 0.29) is 10.8 Å². The molecule has 0 bridgehead atoms. The van der Waals surface area contributed by atoms with Crippen LogP contribution in [0.3, 0.4) is 0 Å². The molecule has 7 heteroatoms. The zero-order valence-electron chi connectivity index (χ0n) is 15.5. The minimum Gasteiger partial charge on any atom is -0.492 e. The smallest absolute Gasteiger partial charge is 0.246 e. The third-order valence-electron chi connectivity index (χ3n) is 4.12. The molecule has 0 saturated carbocycles. The molecule has 0 atom stereocenters. The van der Waals surface area contributed by atoms with Crippen molar-refractivity contribution in [2.75, 3.05) is 25.0 Å². The second-order valence-corrected chi connectivity index (χ2v) is 9.17. The average Bonchev–Trinajstić information content (AvgIpc) is 2.56. The van der Waals surface area contributed by atoms with Crippen LogP contribution in [0.5, 0.6) is 5.75 Å². The Kier molecular flexibility index (Phi) is 6.11. The van der Waals surface area contributed by atoms with Crippen molar-refractivity contribution in [1.29, 1.82) is 0 Å². The van der Waals surface area contributed by atoms with Crippen molar-refractivity contribution >= 4 is 21.6 Å². The predicted octanol–water partition coefficient (Wildman–Crippen LogP) is 3.24. The summed E-state index contributed by atoms with van der Waals surface area (Å²) >= 11 is 0. The predicted molar refractivity (Wildman–Crippen MR) is 98.3 cm³/mol. The van der Waals surface area contributed by atoms with E-state index in [0.29, 0.717) is 31.1 Å². The summed E-state index contributed by atoms with van der Waals surface area (Å²) in [5, 5.41) is 2.79. The van der Waals surface area contributed by atoms with Crippen LogP contribution in [-0.4, -0.2) is 38.3 Å². The maximum Gasteiger partial charge on any atom is 0.246 e. The molecule has 1 N–H and O–H groups in total. The first-order valence-electron chi connectivity index (χ1n) is 8.74. The van der Waals surface area contributed by atoms with Crippen molar-refractivity contribution in [2.45, 2.75) is 51.9 Å². The number of benzene rings is 1. The molecule has 25 heavy (non-hydrogen) atoms. The van der Waals surface area contributed by atoms with E-state index in [1.807, 2.05) is 27.7 Å². The minimum atomic E-state index is -3.65. The molecular formula is C18H28N2O4S. The summed E-state index contributed by atoms with van der Waals surface area (Å²) in [7, 11) is -3.65. The highest BCUT2D eigenvalue weighted by molar-refractivity contribution is 7.89. The first-order valence-corrected chi connectivity index (χ1v) is 10.2. The van der Waals surface area contributed by atoms with Gasteiger partial charge in [0, 0.05) is 24.2 Å². The summed E-state index contributed by atoms with van der Waals surface area (Å²) in [6.45, 7) is 8.65. The number of hydrogen-bond acceptors (Lipinski definition) is 4. The Hall–Kier alpha value is -1.60. The molecular weight excluding hydrogens is 340 g/mol. The third kappa shape index (κ3) is 4.73. The molecule has 1 amide bonds. The number of anilines is 1. The number of amides is 1. The largest absolute Gasteiger partial charge is 0.492 e. The van der Waals surface area contributed by atoms with Crippen LogP contribution >= 0.6 is 0 Å². The zero-order valence-corrected chi connectivity index (χ0v) is 16.3. The van der Waals surface area contributed by atoms with E-state index in [2.05, 4.69) is 5.32 Å². The number of piperidine rings is 1. The summed E-state index contributed by atoms with van der Waals surface area (Å²) < 4.78 is 33.1. The van der Waals surface area contributed by atoms with Gasteiger partial charge in [0.05, 0.1) is 6.61 Å². The van der Waals surface area contributed by atoms with E-state index in [0.717, 1.165) is 19.3 Å². The maximum absolute atomic E-state index is 13.1. The molecule has 0 spiro atoms. The van der Waals surface area contributed by atoms with E-state index in [4.69, 9.17) is 4.74 Å². The molecule has 1 aliphatic rings. The minimum absolute atomic E-state index is 0.114. The van der Waals surface area contributed by atoms with Crippen LogP contribution in [0, 0.1) is 5.41 Å². The summed E-state index contributed by atoms with van der Waals surface area (Å²) in [6.07, 6.45) is 2.78. The Morgan fingerprint density at radius 3 is 2.40 bits per heavy atom. The van der Waals surface area contributed by atoms with Gasteiger partial charge in [0.2, 0.25) is 15.9 Å². The molecule has 6 nitrogen and oxygen atoms in total. The summed E-state index contributed by atoms with van der Waals surface area (Å²) in [5.74, 6) is 0.153. The molecule has 0 radical (unpaired) electrons. The summed E-state index contributed by atoms with van der Waals surface area (Å²) in [4.78, 5) is 12.3. The molecule has 1 aromatic rings. The Morgan fingerprint density at radius 1 is 1.20 bits per heavy atom. The topological polar surface area (TPSA) is 75.7 Å². The lowest BCUT2D eigenvalue weighted by atomic mass is 9.95. The lowest BCUT2D eigenvalue weighted by Gasteiger charge is -2.27. The van der Waals surface area contributed by atoms with Gasteiger partial charge in [0.25, 0.3) is 0 Å².